The number of carbonyl (C=O) groups excluding carboxylic acids is 5. The van der Waals surface area contributed by atoms with Crippen molar-refractivity contribution in [3.63, 3.8) is 0 Å². The normalized spacial score (nSPS) is 10.9. The molecular formula is C96H126O12. The van der Waals surface area contributed by atoms with Gasteiger partial charge in [0.1, 0.15) is 0 Å². The molecule has 12 heteroatoms. The van der Waals surface area contributed by atoms with Gasteiger partial charge >= 0.3 is 29.8 Å². The lowest BCUT2D eigenvalue weighted by Crippen LogP contribution is -2.07. The van der Waals surface area contributed by atoms with Gasteiger partial charge in [-0.15, -0.1) is 0 Å². The van der Waals surface area contributed by atoms with Crippen LogP contribution < -0.4 is 0 Å². The van der Waals surface area contributed by atoms with Crippen molar-refractivity contribution in [2.75, 3.05) is 60.5 Å². The van der Waals surface area contributed by atoms with Crippen LogP contribution in [0.2, 0.25) is 0 Å². The van der Waals surface area contributed by atoms with Crippen LogP contribution in [0.1, 0.15) is 212 Å². The average Bonchev–Trinajstić information content (AvgIpc) is 0.827. The fraction of sp³-hybridized carbons (Fsp3) is 0.385. The van der Waals surface area contributed by atoms with Crippen molar-refractivity contribution >= 4 is 66.3 Å². The van der Waals surface area contributed by atoms with Crippen LogP contribution in [0.4, 0.5) is 0 Å². The molecule has 0 saturated heterocycles. The fourth-order valence-electron chi connectivity index (χ4n) is 9.99. The second kappa shape index (κ2) is 67.8. The van der Waals surface area contributed by atoms with E-state index in [1.165, 1.54) is 124 Å². The molecule has 8 rings (SSSR count). The lowest BCUT2D eigenvalue weighted by molar-refractivity contribution is -0.138. The van der Waals surface area contributed by atoms with E-state index in [2.05, 4.69) is 76.7 Å². The maximum absolute atomic E-state index is 11.5. The molecule has 0 atom stereocenters. The first-order valence-corrected chi connectivity index (χ1v) is 39.1. The maximum Gasteiger partial charge on any atom is 0.330 e. The molecule has 0 N–H and O–H groups in total. The largest absolute Gasteiger partial charge is 0.463 e. The summed E-state index contributed by atoms with van der Waals surface area (Å²) < 4.78 is 35.0. The summed E-state index contributed by atoms with van der Waals surface area (Å²) in [5, 5.41) is 0. The van der Waals surface area contributed by atoms with E-state index in [0.717, 1.165) is 105 Å². The summed E-state index contributed by atoms with van der Waals surface area (Å²) in [5.41, 5.74) is 12.2. The summed E-state index contributed by atoms with van der Waals surface area (Å²) in [6.07, 6.45) is 44.5. The molecule has 0 bridgehead atoms. The summed E-state index contributed by atoms with van der Waals surface area (Å²) in [4.78, 5) is 56.5. The minimum Gasteiger partial charge on any atom is -0.463 e. The maximum atomic E-state index is 11.5. The van der Waals surface area contributed by atoms with Crippen molar-refractivity contribution in [2.45, 2.75) is 182 Å². The van der Waals surface area contributed by atoms with Crippen molar-refractivity contribution < 1.29 is 57.1 Å². The molecule has 12 nitrogen and oxygen atoms in total. The monoisotopic (exact) mass is 1470 g/mol. The molecule has 1 aliphatic carbocycles. The summed E-state index contributed by atoms with van der Waals surface area (Å²) in [7, 11) is 3.37. The zero-order valence-electron chi connectivity index (χ0n) is 66.1. The number of benzene rings is 7. The molecule has 0 radical (unpaired) electrons. The van der Waals surface area contributed by atoms with E-state index in [-0.39, 0.29) is 29.8 Å². The number of rotatable bonds is 41. The van der Waals surface area contributed by atoms with Gasteiger partial charge in [0, 0.05) is 57.8 Å². The van der Waals surface area contributed by atoms with E-state index >= 15 is 0 Å². The highest BCUT2D eigenvalue weighted by atomic mass is 16.5. The molecule has 108 heavy (non-hydrogen) atoms. The number of esters is 5. The Kier molecular flexibility index (Phi) is 59.2. The Balaban J connectivity index is 0.000000432. The molecule has 0 unspecified atom stereocenters. The van der Waals surface area contributed by atoms with Crippen LogP contribution in [0.25, 0.3) is 36.5 Å². The predicted molar refractivity (Wildman–Crippen MR) is 450 cm³/mol. The molecule has 0 fully saturated rings. The van der Waals surface area contributed by atoms with Crippen LogP contribution in [0.15, 0.2) is 231 Å². The number of unbranched alkanes of at least 4 members (excludes halogenated alkanes) is 14. The Labute approximate surface area is 649 Å². The average molecular weight is 1470 g/mol. The van der Waals surface area contributed by atoms with Gasteiger partial charge in [-0.3, -0.25) is 0 Å². The minimum atomic E-state index is -0.300. The number of hydrogen-bond donors (Lipinski definition) is 0. The van der Waals surface area contributed by atoms with Crippen molar-refractivity contribution in [2.24, 2.45) is 0 Å². The van der Waals surface area contributed by atoms with Crippen molar-refractivity contribution in [1.29, 1.82) is 0 Å². The Morgan fingerprint density at radius 1 is 0.306 bits per heavy atom. The highest BCUT2D eigenvalue weighted by Gasteiger charge is 2.11. The first-order chi connectivity index (χ1) is 52.9. The third-order valence-corrected chi connectivity index (χ3v) is 16.2. The second-order valence-corrected chi connectivity index (χ2v) is 25.7. The number of hydrogen-bond acceptors (Lipinski definition) is 12. The third kappa shape index (κ3) is 54.8. The molecule has 0 spiro atoms. The van der Waals surface area contributed by atoms with Gasteiger partial charge in [0.05, 0.1) is 33.0 Å². The summed E-state index contributed by atoms with van der Waals surface area (Å²) in [6, 6.07) is 63.9. The van der Waals surface area contributed by atoms with E-state index in [4.69, 9.17) is 33.2 Å². The molecule has 0 amide bonds. The Bertz CT molecular complexity index is 3540. The lowest BCUT2D eigenvalue weighted by atomic mass is 9.88. The van der Waals surface area contributed by atoms with Gasteiger partial charge in [-0.1, -0.05) is 311 Å². The van der Waals surface area contributed by atoms with Gasteiger partial charge in [-0.2, -0.15) is 0 Å². The molecule has 0 heterocycles. The second-order valence-electron chi connectivity index (χ2n) is 25.7. The minimum absolute atomic E-state index is 0.250. The van der Waals surface area contributed by atoms with Gasteiger partial charge in [-0.25, -0.2) is 24.0 Å². The Hall–Kier alpha value is -9.75. The van der Waals surface area contributed by atoms with E-state index in [1.807, 2.05) is 165 Å². The first-order valence-electron chi connectivity index (χ1n) is 39.1. The van der Waals surface area contributed by atoms with E-state index in [9.17, 15) is 24.0 Å². The molecular weight excluding hydrogens is 1350 g/mol. The van der Waals surface area contributed by atoms with Crippen molar-refractivity contribution in [3.8, 4) is 0 Å². The van der Waals surface area contributed by atoms with Crippen LogP contribution >= 0.6 is 0 Å². The standard InChI is InChI=1S/C18H26O2.C16H22O3.C14H18O3.C14H20.C13H16O2.C12H14O2.C9H10/c1-2-3-4-5-6-7-11-16-20-18(19)15-14-17-12-9-8-10-13-17;1-18-13-7-2-3-8-14-19-16(17)12-11-15-9-5-4-6-10-15;1-16-11-5-6-12-17-14(15)10-9-13-7-3-2-4-8-13;1-3-5-6-7-9-14-11-8-10-13(4-2)12-14;1-2-3-11-15-13(14)10-9-12-7-5-4-6-8-12;1-2-10-14-12(13)9-8-11-6-4-3-5-7-11;1-7-2-3-8-4-5-9(8)6-7/h8-10,12-15H,2-7,11,16H2,1H3;4-6,9-12H,2-3,7-8,13-14H2,1H3;2-4,7-10H,5-6,11-12H2,1H3;4,8,10-12H,2-3,5-7,9H2,1H3;4-10H,2-3,11H2,1H3;3-9H,2,10H2,1H3;2-3,6H,4-5H2,1H3/b15-14+;12-11+;10-9+;;10-9+;9-8+;. The fourth-order valence-corrected chi connectivity index (χ4v) is 9.99. The summed E-state index contributed by atoms with van der Waals surface area (Å²) >= 11 is 0. The number of aryl methyl sites for hydroxylation is 4. The smallest absolute Gasteiger partial charge is 0.330 e. The zero-order chi connectivity index (χ0) is 78.2. The number of carbonyl (C=O) groups is 5. The van der Waals surface area contributed by atoms with E-state index in [1.54, 1.807) is 55.7 Å². The van der Waals surface area contributed by atoms with Crippen molar-refractivity contribution in [3.05, 3.63) is 287 Å². The Morgan fingerprint density at radius 3 is 0.935 bits per heavy atom. The van der Waals surface area contributed by atoms with Crippen LogP contribution in [-0.2, 0) is 76.4 Å². The molecule has 7 aromatic rings. The molecule has 7 aromatic carbocycles. The van der Waals surface area contributed by atoms with Crippen LogP contribution in [0.3, 0.4) is 0 Å². The van der Waals surface area contributed by atoms with Crippen LogP contribution in [0.5, 0.6) is 0 Å². The van der Waals surface area contributed by atoms with E-state index in [0.29, 0.717) is 39.6 Å². The van der Waals surface area contributed by atoms with Gasteiger partial charge < -0.3 is 33.2 Å². The summed E-state index contributed by atoms with van der Waals surface area (Å²) in [6.45, 7) is 18.4. The predicted octanol–water partition coefficient (Wildman–Crippen LogP) is 23.4. The molecule has 0 aliphatic heterocycles. The molecule has 1 aliphatic rings. The topological polar surface area (TPSA) is 150 Å². The Morgan fingerprint density at radius 2 is 0.611 bits per heavy atom. The first kappa shape index (κ1) is 94.3. The van der Waals surface area contributed by atoms with Gasteiger partial charge in [0.15, 0.2) is 0 Å². The molecule has 0 aromatic heterocycles. The van der Waals surface area contributed by atoms with E-state index < -0.39 is 0 Å². The number of methoxy groups -OCH3 is 2. The van der Waals surface area contributed by atoms with Crippen LogP contribution in [-0.4, -0.2) is 90.3 Å². The molecule has 0 saturated carbocycles. The quantitative estimate of drug-likeness (QED) is 0.0155. The van der Waals surface area contributed by atoms with Crippen LogP contribution in [0, 0.1) is 6.92 Å². The third-order valence-electron chi connectivity index (χ3n) is 16.2. The highest BCUT2D eigenvalue weighted by Crippen LogP contribution is 2.23. The lowest BCUT2D eigenvalue weighted by Gasteiger charge is -2.18. The molecule has 582 valence electrons. The summed E-state index contributed by atoms with van der Waals surface area (Å²) in [5.74, 6) is -1.38. The number of ether oxygens (including phenoxy) is 7. The highest BCUT2D eigenvalue weighted by molar-refractivity contribution is 5.89. The van der Waals surface area contributed by atoms with Gasteiger partial charge in [0.2, 0.25) is 0 Å². The van der Waals surface area contributed by atoms with Crippen molar-refractivity contribution in [1.82, 2.24) is 0 Å². The zero-order valence-corrected chi connectivity index (χ0v) is 66.1. The van der Waals surface area contributed by atoms with Gasteiger partial charge in [0.25, 0.3) is 0 Å². The van der Waals surface area contributed by atoms with Gasteiger partial charge in [-0.05, 0) is 164 Å². The number of fused-ring (bicyclic) bond motifs is 1. The SMILES string of the molecule is C=Cc1cccc(CCCCCC)c1.CCCCCCCCCOC(=O)/C=C/c1ccccc1.CCCCOC(=O)/C=C/c1ccccc1.CCCOC(=O)/C=C/c1ccccc1.COCCCCCCOC(=O)/C=C/c1ccccc1.COCCCCOC(=O)/C=C/c1ccccc1.Cc1ccc2c(c1)CC2.